The van der Waals surface area contributed by atoms with Crippen molar-refractivity contribution < 1.29 is 17.6 Å². The Morgan fingerprint density at radius 3 is 2.29 bits per heavy atom. The van der Waals surface area contributed by atoms with Crippen LogP contribution in [0.5, 0.6) is 0 Å². The van der Waals surface area contributed by atoms with Crippen molar-refractivity contribution in [3.8, 4) is 0 Å². The van der Waals surface area contributed by atoms with E-state index < -0.39 is 28.3 Å². The van der Waals surface area contributed by atoms with E-state index in [-0.39, 0.29) is 11.4 Å². The number of hydrogen-bond donors (Lipinski definition) is 1. The molecule has 0 saturated heterocycles. The number of amides is 1. The molecular formula is C20H18FN3O3S. The minimum atomic E-state index is -3.97. The zero-order valence-electron chi connectivity index (χ0n) is 14.8. The number of sulfonamides is 1. The van der Waals surface area contributed by atoms with Crippen LogP contribution >= 0.6 is 0 Å². The van der Waals surface area contributed by atoms with Crippen molar-refractivity contribution in [2.45, 2.75) is 11.4 Å². The summed E-state index contributed by atoms with van der Waals surface area (Å²) < 4.78 is 40.8. The van der Waals surface area contributed by atoms with Crippen molar-refractivity contribution in [2.75, 3.05) is 10.8 Å². The van der Waals surface area contributed by atoms with Crippen molar-refractivity contribution in [1.82, 2.24) is 10.3 Å². The minimum absolute atomic E-state index is 0.0406. The average Bonchev–Trinajstić information content (AvgIpc) is 2.72. The molecule has 1 N–H and O–H groups in total. The molecule has 1 amide bonds. The van der Waals surface area contributed by atoms with Gasteiger partial charge in [-0.05, 0) is 30.3 Å². The Hall–Kier alpha value is -3.26. The number of carbonyl (C=O) groups is 1. The molecule has 0 aliphatic heterocycles. The fourth-order valence-corrected chi connectivity index (χ4v) is 4.01. The third kappa shape index (κ3) is 4.52. The Kier molecular flexibility index (Phi) is 6.00. The van der Waals surface area contributed by atoms with E-state index in [4.69, 9.17) is 0 Å². The Morgan fingerprint density at radius 2 is 1.61 bits per heavy atom. The molecule has 3 rings (SSSR count). The van der Waals surface area contributed by atoms with Crippen molar-refractivity contribution >= 4 is 21.6 Å². The van der Waals surface area contributed by atoms with Crippen molar-refractivity contribution in [2.24, 2.45) is 0 Å². The molecule has 0 aliphatic rings. The van der Waals surface area contributed by atoms with E-state index in [1.54, 1.807) is 36.4 Å². The number of benzene rings is 2. The summed E-state index contributed by atoms with van der Waals surface area (Å²) in [5, 5.41) is 2.56. The SMILES string of the molecule is O=C(CN(c1ccncc1)S(=O)(=O)c1ccccc1)NCc1ccccc1F. The maximum atomic E-state index is 13.7. The zero-order chi connectivity index (χ0) is 20.0. The molecule has 2 aromatic carbocycles. The summed E-state index contributed by atoms with van der Waals surface area (Å²) in [6.45, 7) is -0.489. The summed E-state index contributed by atoms with van der Waals surface area (Å²) in [6, 6.07) is 16.9. The fourth-order valence-electron chi connectivity index (χ4n) is 2.57. The highest BCUT2D eigenvalue weighted by Gasteiger charge is 2.27. The molecule has 6 nitrogen and oxygen atoms in total. The number of anilines is 1. The van der Waals surface area contributed by atoms with Crippen LogP contribution < -0.4 is 9.62 Å². The number of halogens is 1. The highest BCUT2D eigenvalue weighted by Crippen LogP contribution is 2.22. The second-order valence-electron chi connectivity index (χ2n) is 5.90. The van der Waals surface area contributed by atoms with E-state index in [2.05, 4.69) is 10.3 Å². The normalized spacial score (nSPS) is 11.0. The number of rotatable bonds is 7. The van der Waals surface area contributed by atoms with Crippen LogP contribution in [0.15, 0.2) is 84.0 Å². The molecule has 3 aromatic rings. The Bertz CT molecular complexity index is 1040. The third-order valence-electron chi connectivity index (χ3n) is 4.00. The maximum absolute atomic E-state index is 13.7. The predicted octanol–water partition coefficient (Wildman–Crippen LogP) is 2.73. The van der Waals surface area contributed by atoms with Gasteiger partial charge in [-0.15, -0.1) is 0 Å². The molecule has 144 valence electrons. The smallest absolute Gasteiger partial charge is 0.264 e. The van der Waals surface area contributed by atoms with Crippen LogP contribution in [0.25, 0.3) is 0 Å². The minimum Gasteiger partial charge on any atom is -0.350 e. The Morgan fingerprint density at radius 1 is 0.964 bits per heavy atom. The highest BCUT2D eigenvalue weighted by molar-refractivity contribution is 7.92. The number of nitrogens with zero attached hydrogens (tertiary/aromatic N) is 2. The van der Waals surface area contributed by atoms with E-state index in [1.165, 1.54) is 42.7 Å². The monoisotopic (exact) mass is 399 g/mol. The van der Waals surface area contributed by atoms with E-state index >= 15 is 0 Å². The van der Waals surface area contributed by atoms with Crippen LogP contribution in [-0.2, 0) is 21.4 Å². The molecule has 0 fully saturated rings. The van der Waals surface area contributed by atoms with E-state index in [1.807, 2.05) is 0 Å². The van der Waals surface area contributed by atoms with Gasteiger partial charge in [-0.25, -0.2) is 12.8 Å². The fraction of sp³-hybridized carbons (Fsp3) is 0.100. The quantitative estimate of drug-likeness (QED) is 0.663. The first-order chi connectivity index (χ1) is 13.5. The lowest BCUT2D eigenvalue weighted by atomic mass is 10.2. The Labute approximate surface area is 162 Å². The molecule has 0 atom stereocenters. The van der Waals surface area contributed by atoms with E-state index in [9.17, 15) is 17.6 Å². The van der Waals surface area contributed by atoms with Crippen LogP contribution in [-0.4, -0.2) is 25.9 Å². The van der Waals surface area contributed by atoms with Gasteiger partial charge in [0.05, 0.1) is 10.6 Å². The Balaban J connectivity index is 1.82. The molecule has 0 spiro atoms. The van der Waals surface area contributed by atoms with Gasteiger partial charge in [0.15, 0.2) is 0 Å². The summed E-state index contributed by atoms with van der Waals surface area (Å²) in [5.74, 6) is -0.995. The van der Waals surface area contributed by atoms with Crippen molar-refractivity contribution in [3.63, 3.8) is 0 Å². The molecule has 0 aliphatic carbocycles. The van der Waals surface area contributed by atoms with E-state index in [0.29, 0.717) is 11.3 Å². The molecule has 0 bridgehead atoms. The topological polar surface area (TPSA) is 79.4 Å². The highest BCUT2D eigenvalue weighted by atomic mass is 32.2. The van der Waals surface area contributed by atoms with E-state index in [0.717, 1.165) is 4.31 Å². The summed E-state index contributed by atoms with van der Waals surface area (Å²) in [4.78, 5) is 16.4. The lowest BCUT2D eigenvalue weighted by Gasteiger charge is -2.24. The van der Waals surface area contributed by atoms with Crippen molar-refractivity contribution in [3.05, 3.63) is 90.5 Å². The van der Waals surface area contributed by atoms with Gasteiger partial charge in [-0.1, -0.05) is 36.4 Å². The summed E-state index contributed by atoms with van der Waals surface area (Å²) >= 11 is 0. The second kappa shape index (κ2) is 8.62. The first kappa shape index (κ1) is 19.5. The summed E-state index contributed by atoms with van der Waals surface area (Å²) in [6.07, 6.45) is 2.89. The molecule has 1 aromatic heterocycles. The van der Waals surface area contributed by atoms with Gasteiger partial charge in [0.1, 0.15) is 12.4 Å². The lowest BCUT2D eigenvalue weighted by Crippen LogP contribution is -2.40. The number of pyridine rings is 1. The first-order valence-corrected chi connectivity index (χ1v) is 9.90. The summed E-state index contributed by atoms with van der Waals surface area (Å²) in [7, 11) is -3.97. The largest absolute Gasteiger partial charge is 0.350 e. The van der Waals surface area contributed by atoms with Crippen LogP contribution in [0, 0.1) is 5.82 Å². The number of carbonyl (C=O) groups excluding carboxylic acids is 1. The third-order valence-corrected chi connectivity index (χ3v) is 5.79. The number of aromatic nitrogens is 1. The average molecular weight is 399 g/mol. The molecule has 0 unspecified atom stereocenters. The van der Waals surface area contributed by atoms with Crippen LogP contribution in [0.3, 0.4) is 0 Å². The molecule has 8 heteroatoms. The van der Waals surface area contributed by atoms with Gasteiger partial charge in [-0.2, -0.15) is 0 Å². The van der Waals surface area contributed by atoms with Gasteiger partial charge in [0, 0.05) is 24.5 Å². The van der Waals surface area contributed by atoms with Gasteiger partial charge >= 0.3 is 0 Å². The summed E-state index contributed by atoms with van der Waals surface area (Å²) in [5.41, 5.74) is 0.622. The van der Waals surface area contributed by atoms with Crippen LogP contribution in [0.4, 0.5) is 10.1 Å². The maximum Gasteiger partial charge on any atom is 0.264 e. The molecular weight excluding hydrogens is 381 g/mol. The van der Waals surface area contributed by atoms with Crippen LogP contribution in [0.2, 0.25) is 0 Å². The second-order valence-corrected chi connectivity index (χ2v) is 7.76. The molecule has 28 heavy (non-hydrogen) atoms. The van der Waals surface area contributed by atoms with Gasteiger partial charge in [0.2, 0.25) is 5.91 Å². The number of hydrogen-bond acceptors (Lipinski definition) is 4. The van der Waals surface area contributed by atoms with Gasteiger partial charge in [0.25, 0.3) is 10.0 Å². The molecule has 0 saturated carbocycles. The number of nitrogens with one attached hydrogen (secondary N) is 1. The first-order valence-electron chi connectivity index (χ1n) is 8.46. The molecule has 1 heterocycles. The van der Waals surface area contributed by atoms with Crippen molar-refractivity contribution in [1.29, 1.82) is 0 Å². The van der Waals surface area contributed by atoms with Gasteiger partial charge in [-0.3, -0.25) is 14.1 Å². The zero-order valence-corrected chi connectivity index (χ0v) is 15.6. The van der Waals surface area contributed by atoms with Gasteiger partial charge < -0.3 is 5.32 Å². The molecule has 0 radical (unpaired) electrons. The predicted molar refractivity (Wildman–Crippen MR) is 103 cm³/mol. The standard InChI is InChI=1S/C20H18FN3O3S/c21-19-9-5-4-6-16(19)14-23-20(25)15-24(17-10-12-22-13-11-17)28(26,27)18-7-2-1-3-8-18/h1-13H,14-15H2,(H,23,25). The van der Waals surface area contributed by atoms with Crippen LogP contribution in [0.1, 0.15) is 5.56 Å². The lowest BCUT2D eigenvalue weighted by molar-refractivity contribution is -0.119.